The van der Waals surface area contributed by atoms with E-state index in [-0.39, 0.29) is 11.9 Å². The van der Waals surface area contributed by atoms with Gasteiger partial charge in [0.25, 0.3) is 5.91 Å². The van der Waals surface area contributed by atoms with Crippen LogP contribution in [0.1, 0.15) is 46.0 Å². The van der Waals surface area contributed by atoms with Gasteiger partial charge in [0.15, 0.2) is 0 Å². The molecule has 0 spiro atoms. The lowest BCUT2D eigenvalue weighted by Crippen LogP contribution is -2.53. The number of carbonyl (C=O) groups excluding carboxylic acids is 1. The van der Waals surface area contributed by atoms with E-state index in [1.807, 2.05) is 0 Å². The molecule has 0 aromatic carbocycles. The van der Waals surface area contributed by atoms with Gasteiger partial charge in [0.1, 0.15) is 5.60 Å². The van der Waals surface area contributed by atoms with Gasteiger partial charge in [-0.05, 0) is 39.5 Å². The third-order valence-electron chi connectivity index (χ3n) is 4.45. The Balaban J connectivity index is 2.05. The van der Waals surface area contributed by atoms with E-state index in [4.69, 9.17) is 4.74 Å². The van der Waals surface area contributed by atoms with Crippen LogP contribution in [0, 0.1) is 5.41 Å². The van der Waals surface area contributed by atoms with Crippen molar-refractivity contribution in [2.75, 3.05) is 6.61 Å². The number of hydrogen-bond donors (Lipinski definition) is 2. The number of aliphatic carboxylic acids is 1. The zero-order chi connectivity index (χ0) is 13.4. The Kier molecular flexibility index (Phi) is 3.36. The van der Waals surface area contributed by atoms with Gasteiger partial charge in [-0.3, -0.25) is 9.59 Å². The minimum absolute atomic E-state index is 0.167. The minimum atomic E-state index is -0.843. The zero-order valence-electron chi connectivity index (χ0n) is 11.0. The normalized spacial score (nSPS) is 39.8. The summed E-state index contributed by atoms with van der Waals surface area (Å²) in [6.07, 6.45) is 3.76. The van der Waals surface area contributed by atoms with E-state index >= 15 is 0 Å². The maximum Gasteiger partial charge on any atom is 0.311 e. The first-order valence-electron chi connectivity index (χ1n) is 6.57. The molecule has 1 heterocycles. The molecule has 5 heteroatoms. The van der Waals surface area contributed by atoms with Crippen molar-refractivity contribution in [1.82, 2.24) is 5.32 Å². The number of hydrogen-bond acceptors (Lipinski definition) is 3. The van der Waals surface area contributed by atoms with Crippen LogP contribution in [0.3, 0.4) is 0 Å². The van der Waals surface area contributed by atoms with Gasteiger partial charge in [-0.2, -0.15) is 0 Å². The fourth-order valence-corrected chi connectivity index (χ4v) is 2.92. The Morgan fingerprint density at radius 2 is 2.00 bits per heavy atom. The smallest absolute Gasteiger partial charge is 0.311 e. The molecule has 1 saturated carbocycles. The molecule has 1 aliphatic carbocycles. The van der Waals surface area contributed by atoms with E-state index in [0.717, 1.165) is 19.3 Å². The molecular formula is C13H21NO4. The van der Waals surface area contributed by atoms with Crippen LogP contribution in [0.25, 0.3) is 0 Å². The van der Waals surface area contributed by atoms with Crippen molar-refractivity contribution < 1.29 is 19.4 Å². The lowest BCUT2D eigenvalue weighted by Gasteiger charge is -2.31. The summed E-state index contributed by atoms with van der Waals surface area (Å²) in [7, 11) is 0. The van der Waals surface area contributed by atoms with Gasteiger partial charge < -0.3 is 15.2 Å². The van der Waals surface area contributed by atoms with Crippen molar-refractivity contribution in [1.29, 1.82) is 0 Å². The molecule has 2 N–H and O–H groups in total. The summed E-state index contributed by atoms with van der Waals surface area (Å²) < 4.78 is 5.48. The van der Waals surface area contributed by atoms with Crippen LogP contribution >= 0.6 is 0 Å². The Morgan fingerprint density at radius 1 is 1.28 bits per heavy atom. The number of amides is 1. The van der Waals surface area contributed by atoms with Crippen LogP contribution in [-0.2, 0) is 14.3 Å². The van der Waals surface area contributed by atoms with E-state index < -0.39 is 17.0 Å². The van der Waals surface area contributed by atoms with Gasteiger partial charge in [-0.25, -0.2) is 0 Å². The number of carboxylic acids is 1. The van der Waals surface area contributed by atoms with Crippen LogP contribution in [0.2, 0.25) is 0 Å². The summed E-state index contributed by atoms with van der Waals surface area (Å²) in [6.45, 7) is 4.10. The molecule has 18 heavy (non-hydrogen) atoms. The highest BCUT2D eigenvalue weighted by Crippen LogP contribution is 2.39. The first-order valence-corrected chi connectivity index (χ1v) is 6.57. The van der Waals surface area contributed by atoms with Gasteiger partial charge in [0.2, 0.25) is 0 Å². The number of rotatable bonds is 3. The maximum absolute atomic E-state index is 12.2. The van der Waals surface area contributed by atoms with Crippen molar-refractivity contribution >= 4 is 11.9 Å². The average molecular weight is 255 g/mol. The molecule has 2 fully saturated rings. The third kappa shape index (κ3) is 2.11. The summed E-state index contributed by atoms with van der Waals surface area (Å²) >= 11 is 0. The molecule has 0 aromatic heterocycles. The topological polar surface area (TPSA) is 75.6 Å². The zero-order valence-corrected chi connectivity index (χ0v) is 11.0. The number of ether oxygens (including phenoxy) is 1. The second-order valence-corrected chi connectivity index (χ2v) is 5.82. The molecule has 102 valence electrons. The van der Waals surface area contributed by atoms with Gasteiger partial charge in [0.05, 0.1) is 5.41 Å². The Morgan fingerprint density at radius 3 is 2.56 bits per heavy atom. The van der Waals surface area contributed by atoms with E-state index in [9.17, 15) is 14.7 Å². The molecule has 0 aromatic rings. The summed E-state index contributed by atoms with van der Waals surface area (Å²) in [5, 5.41) is 12.2. The van der Waals surface area contributed by atoms with Gasteiger partial charge in [-0.1, -0.05) is 6.42 Å². The van der Waals surface area contributed by atoms with Crippen molar-refractivity contribution in [2.45, 2.75) is 57.6 Å². The molecule has 0 radical (unpaired) electrons. The minimum Gasteiger partial charge on any atom is -0.481 e. The van der Waals surface area contributed by atoms with Crippen molar-refractivity contribution in [3.8, 4) is 0 Å². The predicted octanol–water partition coefficient (Wildman–Crippen LogP) is 1.32. The van der Waals surface area contributed by atoms with Gasteiger partial charge >= 0.3 is 5.97 Å². The highest BCUT2D eigenvalue weighted by Gasteiger charge is 2.48. The van der Waals surface area contributed by atoms with E-state index in [0.29, 0.717) is 19.4 Å². The average Bonchev–Trinajstić information content (AvgIpc) is 2.88. The first-order chi connectivity index (χ1) is 8.38. The van der Waals surface area contributed by atoms with Crippen molar-refractivity contribution in [2.24, 2.45) is 5.41 Å². The summed E-state index contributed by atoms with van der Waals surface area (Å²) in [5.41, 5.74) is -1.62. The van der Waals surface area contributed by atoms with Crippen LogP contribution < -0.4 is 5.32 Å². The van der Waals surface area contributed by atoms with Crippen LogP contribution in [-0.4, -0.2) is 35.2 Å². The molecule has 3 unspecified atom stereocenters. The summed E-state index contributed by atoms with van der Waals surface area (Å²) in [6, 6.07) is -0.288. The third-order valence-corrected chi connectivity index (χ3v) is 4.45. The van der Waals surface area contributed by atoms with Crippen molar-refractivity contribution in [3.05, 3.63) is 0 Å². The van der Waals surface area contributed by atoms with Gasteiger partial charge in [0, 0.05) is 12.6 Å². The largest absolute Gasteiger partial charge is 0.481 e. The fourth-order valence-electron chi connectivity index (χ4n) is 2.92. The van der Waals surface area contributed by atoms with Gasteiger partial charge in [-0.15, -0.1) is 0 Å². The Hall–Kier alpha value is -1.10. The van der Waals surface area contributed by atoms with Crippen LogP contribution in [0.5, 0.6) is 0 Å². The lowest BCUT2D eigenvalue weighted by atomic mass is 9.84. The maximum atomic E-state index is 12.2. The monoisotopic (exact) mass is 255 g/mol. The molecule has 1 aliphatic heterocycles. The molecule has 0 bridgehead atoms. The SMILES string of the molecule is CC1(C(=O)NC2CCCC2(C)C(=O)O)CCCO1. The molecule has 1 saturated heterocycles. The highest BCUT2D eigenvalue weighted by atomic mass is 16.5. The number of carboxylic acid groups (broad SMARTS) is 1. The Labute approximate surface area is 107 Å². The summed E-state index contributed by atoms with van der Waals surface area (Å²) in [5.74, 6) is -0.998. The molecular weight excluding hydrogens is 234 g/mol. The second kappa shape index (κ2) is 4.53. The molecule has 2 aliphatic rings. The predicted molar refractivity (Wildman–Crippen MR) is 65.1 cm³/mol. The van der Waals surface area contributed by atoms with Crippen molar-refractivity contribution in [3.63, 3.8) is 0 Å². The summed E-state index contributed by atoms with van der Waals surface area (Å²) in [4.78, 5) is 23.5. The van der Waals surface area contributed by atoms with E-state index in [1.165, 1.54) is 0 Å². The first kappa shape index (κ1) is 13.3. The van der Waals surface area contributed by atoms with E-state index in [1.54, 1.807) is 13.8 Å². The molecule has 1 amide bonds. The number of carbonyl (C=O) groups is 2. The van der Waals surface area contributed by atoms with E-state index in [2.05, 4.69) is 5.32 Å². The Bertz CT molecular complexity index is 362. The van der Waals surface area contributed by atoms with Crippen LogP contribution in [0.4, 0.5) is 0 Å². The lowest BCUT2D eigenvalue weighted by molar-refractivity contribution is -0.150. The molecule has 3 atom stereocenters. The molecule has 5 nitrogen and oxygen atoms in total. The highest BCUT2D eigenvalue weighted by molar-refractivity contribution is 5.86. The molecule has 2 rings (SSSR count). The number of nitrogens with one attached hydrogen (secondary N) is 1. The quantitative estimate of drug-likeness (QED) is 0.797. The second-order valence-electron chi connectivity index (χ2n) is 5.82. The fraction of sp³-hybridized carbons (Fsp3) is 0.846. The van der Waals surface area contributed by atoms with Crippen LogP contribution in [0.15, 0.2) is 0 Å². The standard InChI is InChI=1S/C13H21NO4/c1-12(11(16)17)6-3-5-9(12)14-10(15)13(2)7-4-8-18-13/h9H,3-8H2,1-2H3,(H,14,15)(H,16,17).